The van der Waals surface area contributed by atoms with Crippen molar-refractivity contribution in [1.29, 1.82) is 0 Å². The molecule has 11 heteroatoms. The second-order valence-corrected chi connectivity index (χ2v) is 7.57. The van der Waals surface area contributed by atoms with Crippen LogP contribution in [0.1, 0.15) is 40.9 Å². The van der Waals surface area contributed by atoms with Gasteiger partial charge in [0.1, 0.15) is 11.5 Å². The Kier molecular flexibility index (Phi) is 6.85. The SMILES string of the molecule is Cc1c([C@H](C)C(=O)NCCC(=O)O)c2cc(O)ccc2n1C(=O)c1ccc(OC(F)(F)F)cc1. The molecule has 0 fully saturated rings. The molecule has 0 saturated carbocycles. The van der Waals surface area contributed by atoms with E-state index in [9.17, 15) is 32.7 Å². The standard InChI is InChI=1S/C23H21F3N2O6/c1-12(21(32)27-10-9-19(30)31)20-13(2)28(18-8-5-15(29)11-17(18)20)22(33)14-3-6-16(7-4-14)34-23(24,25)26/h3-8,11-12,29H,9-10H2,1-2H3,(H,27,32)(H,30,31)/t12-/m0/s1. The van der Waals surface area contributed by atoms with Gasteiger partial charge in [-0.15, -0.1) is 13.2 Å². The summed E-state index contributed by atoms with van der Waals surface area (Å²) in [5.41, 5.74) is 1.30. The number of carbonyl (C=O) groups is 3. The average Bonchev–Trinajstić information content (AvgIpc) is 3.02. The Balaban J connectivity index is 2.00. The van der Waals surface area contributed by atoms with Crippen molar-refractivity contribution in [3.8, 4) is 11.5 Å². The van der Waals surface area contributed by atoms with E-state index < -0.39 is 35.8 Å². The van der Waals surface area contributed by atoms with Gasteiger partial charge in [0.15, 0.2) is 0 Å². The van der Waals surface area contributed by atoms with E-state index in [0.717, 1.165) is 12.1 Å². The fourth-order valence-corrected chi connectivity index (χ4v) is 3.74. The van der Waals surface area contributed by atoms with Crippen molar-refractivity contribution in [1.82, 2.24) is 9.88 Å². The van der Waals surface area contributed by atoms with Gasteiger partial charge >= 0.3 is 12.3 Å². The van der Waals surface area contributed by atoms with Gasteiger partial charge in [-0.1, -0.05) is 0 Å². The van der Waals surface area contributed by atoms with Gasteiger partial charge in [0.2, 0.25) is 5.91 Å². The number of nitrogens with one attached hydrogen (secondary N) is 1. The maximum absolute atomic E-state index is 13.3. The lowest BCUT2D eigenvalue weighted by Crippen LogP contribution is -2.30. The van der Waals surface area contributed by atoms with Gasteiger partial charge in [0, 0.05) is 23.2 Å². The van der Waals surface area contributed by atoms with Gasteiger partial charge in [-0.3, -0.25) is 19.0 Å². The highest BCUT2D eigenvalue weighted by atomic mass is 19.4. The van der Waals surface area contributed by atoms with Crippen LogP contribution in [0.4, 0.5) is 13.2 Å². The third-order valence-electron chi connectivity index (χ3n) is 5.24. The molecule has 1 atom stereocenters. The van der Waals surface area contributed by atoms with E-state index in [1.165, 1.54) is 34.9 Å². The van der Waals surface area contributed by atoms with E-state index in [-0.39, 0.29) is 24.3 Å². The molecule has 3 aromatic rings. The van der Waals surface area contributed by atoms with Crippen molar-refractivity contribution in [3.05, 3.63) is 59.3 Å². The Hall–Kier alpha value is -4.02. The number of amides is 1. The van der Waals surface area contributed by atoms with E-state index in [1.54, 1.807) is 13.8 Å². The van der Waals surface area contributed by atoms with Crippen LogP contribution < -0.4 is 10.1 Å². The number of rotatable bonds is 7. The molecule has 0 aliphatic rings. The number of aromatic nitrogens is 1. The number of aromatic hydroxyl groups is 1. The van der Waals surface area contributed by atoms with E-state index in [4.69, 9.17) is 5.11 Å². The summed E-state index contributed by atoms with van der Waals surface area (Å²) in [5.74, 6) is -3.46. The van der Waals surface area contributed by atoms with Crippen molar-refractivity contribution in [3.63, 3.8) is 0 Å². The quantitative estimate of drug-likeness (QED) is 0.474. The molecule has 0 radical (unpaired) electrons. The third kappa shape index (κ3) is 5.30. The smallest absolute Gasteiger partial charge is 0.508 e. The fraction of sp³-hybridized carbons (Fsp3) is 0.261. The lowest BCUT2D eigenvalue weighted by molar-refractivity contribution is -0.274. The molecule has 180 valence electrons. The van der Waals surface area contributed by atoms with Crippen LogP contribution >= 0.6 is 0 Å². The molecule has 0 aliphatic heterocycles. The Morgan fingerprint density at radius 2 is 1.76 bits per heavy atom. The van der Waals surface area contributed by atoms with Crippen LogP contribution in [0.3, 0.4) is 0 Å². The number of phenolic OH excluding ortho intramolecular Hbond substituents is 1. The molecule has 0 spiro atoms. The molecule has 8 nitrogen and oxygen atoms in total. The summed E-state index contributed by atoms with van der Waals surface area (Å²) in [5, 5.41) is 21.7. The maximum Gasteiger partial charge on any atom is 0.573 e. The normalized spacial score (nSPS) is 12.4. The Morgan fingerprint density at radius 1 is 1.12 bits per heavy atom. The average molecular weight is 478 g/mol. The molecule has 1 heterocycles. The molecule has 2 aromatic carbocycles. The van der Waals surface area contributed by atoms with Crippen molar-refractivity contribution < 1.29 is 42.5 Å². The first-order chi connectivity index (χ1) is 15.9. The number of benzene rings is 2. The second kappa shape index (κ2) is 9.46. The number of carbonyl (C=O) groups excluding carboxylic acids is 2. The van der Waals surface area contributed by atoms with Gasteiger partial charge in [-0.05, 0) is 61.9 Å². The summed E-state index contributed by atoms with van der Waals surface area (Å²) in [4.78, 5) is 36.6. The maximum atomic E-state index is 13.3. The van der Waals surface area contributed by atoms with Crippen LogP contribution in [0.5, 0.6) is 11.5 Å². The van der Waals surface area contributed by atoms with Crippen molar-refractivity contribution in [2.45, 2.75) is 32.5 Å². The lowest BCUT2D eigenvalue weighted by Gasteiger charge is -2.14. The van der Waals surface area contributed by atoms with Gasteiger partial charge in [-0.25, -0.2) is 0 Å². The molecule has 1 amide bonds. The number of aliphatic carboxylic acids is 1. The number of nitrogens with zero attached hydrogens (tertiary/aromatic N) is 1. The summed E-state index contributed by atoms with van der Waals surface area (Å²) in [6.07, 6.45) is -5.12. The molecule has 0 aliphatic carbocycles. The summed E-state index contributed by atoms with van der Waals surface area (Å²) < 4.78 is 42.4. The molecule has 0 saturated heterocycles. The van der Waals surface area contributed by atoms with Gasteiger partial charge < -0.3 is 20.3 Å². The highest BCUT2D eigenvalue weighted by Gasteiger charge is 2.31. The summed E-state index contributed by atoms with van der Waals surface area (Å²) in [6, 6.07) is 8.69. The monoisotopic (exact) mass is 478 g/mol. The van der Waals surface area contributed by atoms with E-state index in [2.05, 4.69) is 10.1 Å². The minimum absolute atomic E-state index is 0.0766. The fourth-order valence-electron chi connectivity index (χ4n) is 3.74. The Bertz CT molecular complexity index is 1250. The Labute approximate surface area is 191 Å². The number of halogens is 3. The van der Waals surface area contributed by atoms with E-state index >= 15 is 0 Å². The zero-order valence-electron chi connectivity index (χ0n) is 18.1. The zero-order chi connectivity index (χ0) is 25.2. The second-order valence-electron chi connectivity index (χ2n) is 7.57. The van der Waals surface area contributed by atoms with Crippen molar-refractivity contribution in [2.24, 2.45) is 0 Å². The lowest BCUT2D eigenvalue weighted by atomic mass is 9.97. The van der Waals surface area contributed by atoms with Crippen LogP contribution in [0.2, 0.25) is 0 Å². The van der Waals surface area contributed by atoms with Crippen molar-refractivity contribution in [2.75, 3.05) is 6.54 Å². The van der Waals surface area contributed by atoms with Gasteiger partial charge in [-0.2, -0.15) is 0 Å². The number of hydrogen-bond donors (Lipinski definition) is 3. The van der Waals surface area contributed by atoms with Crippen LogP contribution in [-0.2, 0) is 9.59 Å². The zero-order valence-corrected chi connectivity index (χ0v) is 18.1. The summed E-state index contributed by atoms with van der Waals surface area (Å²) >= 11 is 0. The number of alkyl halides is 3. The number of ether oxygens (including phenoxy) is 1. The molecule has 1 aromatic heterocycles. The largest absolute Gasteiger partial charge is 0.573 e. The van der Waals surface area contributed by atoms with Crippen LogP contribution in [0.15, 0.2) is 42.5 Å². The molecule has 0 unspecified atom stereocenters. The first kappa shape index (κ1) is 24.6. The summed E-state index contributed by atoms with van der Waals surface area (Å²) in [6.45, 7) is 3.11. The van der Waals surface area contributed by atoms with E-state index in [1.807, 2.05) is 0 Å². The number of hydrogen-bond acceptors (Lipinski definition) is 5. The highest BCUT2D eigenvalue weighted by Crippen LogP contribution is 2.35. The van der Waals surface area contributed by atoms with E-state index in [0.29, 0.717) is 22.2 Å². The van der Waals surface area contributed by atoms with Gasteiger partial charge in [0.25, 0.3) is 5.91 Å². The molecule has 34 heavy (non-hydrogen) atoms. The highest BCUT2D eigenvalue weighted by molar-refractivity contribution is 6.05. The van der Waals surface area contributed by atoms with Crippen LogP contribution in [-0.4, -0.2) is 45.5 Å². The molecule has 3 rings (SSSR count). The molecular formula is C23H21F3N2O6. The summed E-state index contributed by atoms with van der Waals surface area (Å²) in [7, 11) is 0. The first-order valence-electron chi connectivity index (χ1n) is 10.1. The van der Waals surface area contributed by atoms with Crippen molar-refractivity contribution >= 4 is 28.7 Å². The topological polar surface area (TPSA) is 118 Å². The minimum atomic E-state index is -4.86. The predicted molar refractivity (Wildman–Crippen MR) is 115 cm³/mol. The Morgan fingerprint density at radius 3 is 2.35 bits per heavy atom. The molecule has 0 bridgehead atoms. The number of fused-ring (bicyclic) bond motifs is 1. The number of carboxylic acids is 1. The first-order valence-corrected chi connectivity index (χ1v) is 10.1. The van der Waals surface area contributed by atoms with Gasteiger partial charge in [0.05, 0.1) is 17.9 Å². The van der Waals surface area contributed by atoms with Crippen LogP contribution in [0, 0.1) is 6.92 Å². The number of carboxylic acid groups (broad SMARTS) is 1. The molecular weight excluding hydrogens is 457 g/mol. The molecule has 3 N–H and O–H groups in total. The van der Waals surface area contributed by atoms with Crippen LogP contribution in [0.25, 0.3) is 10.9 Å². The predicted octanol–water partition coefficient (Wildman–Crippen LogP) is 3.94. The number of phenols is 1. The minimum Gasteiger partial charge on any atom is -0.508 e. The third-order valence-corrected chi connectivity index (χ3v) is 5.24.